The van der Waals surface area contributed by atoms with Crippen molar-refractivity contribution in [1.29, 1.82) is 0 Å². The zero-order valence-corrected chi connectivity index (χ0v) is 11.8. The molecule has 4 nitrogen and oxygen atoms in total. The van der Waals surface area contributed by atoms with Crippen LogP contribution in [0.1, 0.15) is 39.2 Å². The van der Waals surface area contributed by atoms with Gasteiger partial charge in [-0.3, -0.25) is 0 Å². The highest BCUT2D eigenvalue weighted by molar-refractivity contribution is 7.10. The number of hydrogen-bond acceptors (Lipinski definition) is 4. The van der Waals surface area contributed by atoms with Crippen molar-refractivity contribution in [3.8, 4) is 0 Å². The quantitative estimate of drug-likeness (QED) is 0.852. The standard InChI is InChI=1S/C14H17NO3S/c1-3-10-4-5-19-13(10)8-15-7-11-6-12(14(16)17)18-9(11)2/h4-6,15H,3,7-8H2,1-2H3,(H,16,17). The molecule has 5 heteroatoms. The first-order valence-corrected chi connectivity index (χ1v) is 7.08. The third-order valence-electron chi connectivity index (χ3n) is 3.05. The summed E-state index contributed by atoms with van der Waals surface area (Å²) in [5, 5.41) is 14.3. The van der Waals surface area contributed by atoms with Gasteiger partial charge < -0.3 is 14.8 Å². The van der Waals surface area contributed by atoms with Crippen LogP contribution < -0.4 is 5.32 Å². The van der Waals surface area contributed by atoms with Crippen LogP contribution in [0.3, 0.4) is 0 Å². The van der Waals surface area contributed by atoms with Gasteiger partial charge in [0.2, 0.25) is 5.76 Å². The summed E-state index contributed by atoms with van der Waals surface area (Å²) in [6.07, 6.45) is 1.04. The molecule has 0 radical (unpaired) electrons. The van der Waals surface area contributed by atoms with Crippen molar-refractivity contribution in [2.24, 2.45) is 0 Å². The molecule has 2 aromatic rings. The summed E-state index contributed by atoms with van der Waals surface area (Å²) in [7, 11) is 0. The first-order valence-electron chi connectivity index (χ1n) is 6.20. The monoisotopic (exact) mass is 279 g/mol. The summed E-state index contributed by atoms with van der Waals surface area (Å²) in [5.41, 5.74) is 2.26. The predicted molar refractivity (Wildman–Crippen MR) is 74.6 cm³/mol. The first-order chi connectivity index (χ1) is 9.11. The molecule has 0 atom stereocenters. The molecule has 19 heavy (non-hydrogen) atoms. The van der Waals surface area contributed by atoms with Crippen molar-refractivity contribution in [3.05, 3.63) is 45.0 Å². The van der Waals surface area contributed by atoms with Crippen LogP contribution in [0.25, 0.3) is 0 Å². The molecular formula is C14H17NO3S. The fraction of sp³-hybridized carbons (Fsp3) is 0.357. The van der Waals surface area contributed by atoms with Crippen molar-refractivity contribution in [1.82, 2.24) is 5.32 Å². The van der Waals surface area contributed by atoms with Crippen molar-refractivity contribution >= 4 is 17.3 Å². The Balaban J connectivity index is 1.94. The van der Waals surface area contributed by atoms with Crippen LogP contribution in [0, 0.1) is 6.92 Å². The van der Waals surface area contributed by atoms with E-state index in [-0.39, 0.29) is 5.76 Å². The Bertz CT molecular complexity index is 571. The normalized spacial score (nSPS) is 10.8. The maximum Gasteiger partial charge on any atom is 0.371 e. The van der Waals surface area contributed by atoms with E-state index < -0.39 is 5.97 Å². The average Bonchev–Trinajstić information content (AvgIpc) is 2.96. The van der Waals surface area contributed by atoms with Crippen LogP contribution in [-0.2, 0) is 19.5 Å². The fourth-order valence-corrected chi connectivity index (χ4v) is 2.89. The molecule has 0 aliphatic carbocycles. The summed E-state index contributed by atoms with van der Waals surface area (Å²) in [4.78, 5) is 12.1. The van der Waals surface area contributed by atoms with Gasteiger partial charge in [-0.15, -0.1) is 11.3 Å². The molecule has 0 amide bonds. The Morgan fingerprint density at radius 2 is 2.21 bits per heavy atom. The van der Waals surface area contributed by atoms with E-state index in [2.05, 4.69) is 23.7 Å². The van der Waals surface area contributed by atoms with Crippen molar-refractivity contribution in [3.63, 3.8) is 0 Å². The van der Waals surface area contributed by atoms with Gasteiger partial charge in [0.05, 0.1) is 0 Å². The van der Waals surface area contributed by atoms with Gasteiger partial charge in [-0.2, -0.15) is 0 Å². The lowest BCUT2D eigenvalue weighted by Crippen LogP contribution is -2.12. The lowest BCUT2D eigenvalue weighted by Gasteiger charge is -2.04. The minimum atomic E-state index is -1.03. The number of carboxylic acid groups (broad SMARTS) is 1. The second kappa shape index (κ2) is 6.04. The Kier molecular flexibility index (Phi) is 4.39. The number of rotatable bonds is 6. The minimum absolute atomic E-state index is 0.000305. The number of carbonyl (C=O) groups is 1. The molecule has 2 heterocycles. The molecule has 0 saturated heterocycles. The second-order valence-electron chi connectivity index (χ2n) is 4.32. The minimum Gasteiger partial charge on any atom is -0.475 e. The fourth-order valence-electron chi connectivity index (χ4n) is 1.95. The van der Waals surface area contributed by atoms with Gasteiger partial charge >= 0.3 is 5.97 Å². The molecular weight excluding hydrogens is 262 g/mol. The summed E-state index contributed by atoms with van der Waals surface area (Å²) in [6, 6.07) is 3.73. The number of nitrogens with one attached hydrogen (secondary N) is 1. The molecule has 0 aliphatic heterocycles. The molecule has 2 N–H and O–H groups in total. The van der Waals surface area contributed by atoms with Crippen molar-refractivity contribution < 1.29 is 14.3 Å². The Hall–Kier alpha value is -1.59. The van der Waals surface area contributed by atoms with Crippen LogP contribution in [0.2, 0.25) is 0 Å². The summed E-state index contributed by atoms with van der Waals surface area (Å²) >= 11 is 1.74. The SMILES string of the molecule is CCc1ccsc1CNCc1cc(C(=O)O)oc1C. The number of hydrogen-bond donors (Lipinski definition) is 2. The van der Waals surface area contributed by atoms with Gasteiger partial charge in [-0.25, -0.2) is 4.79 Å². The van der Waals surface area contributed by atoms with Gasteiger partial charge in [0.1, 0.15) is 5.76 Å². The van der Waals surface area contributed by atoms with Gasteiger partial charge in [0, 0.05) is 23.5 Å². The molecule has 0 fully saturated rings. The zero-order valence-electron chi connectivity index (χ0n) is 11.0. The molecule has 2 rings (SSSR count). The van der Waals surface area contributed by atoms with Crippen LogP contribution in [0.4, 0.5) is 0 Å². The zero-order chi connectivity index (χ0) is 13.8. The highest BCUT2D eigenvalue weighted by Crippen LogP contribution is 2.18. The van der Waals surface area contributed by atoms with E-state index in [0.717, 1.165) is 18.5 Å². The lowest BCUT2D eigenvalue weighted by molar-refractivity contribution is 0.0661. The molecule has 0 aliphatic rings. The van der Waals surface area contributed by atoms with Gasteiger partial charge in [-0.1, -0.05) is 6.92 Å². The second-order valence-corrected chi connectivity index (χ2v) is 5.32. The summed E-state index contributed by atoms with van der Waals surface area (Å²) in [6.45, 7) is 5.34. The summed E-state index contributed by atoms with van der Waals surface area (Å²) in [5.74, 6) is -0.368. The molecule has 0 bridgehead atoms. The van der Waals surface area contributed by atoms with E-state index in [1.54, 1.807) is 24.3 Å². The molecule has 2 aromatic heterocycles. The molecule has 0 aromatic carbocycles. The van der Waals surface area contributed by atoms with E-state index in [4.69, 9.17) is 9.52 Å². The smallest absolute Gasteiger partial charge is 0.371 e. The maximum absolute atomic E-state index is 10.8. The number of aromatic carboxylic acids is 1. The number of thiophene rings is 1. The van der Waals surface area contributed by atoms with Crippen LogP contribution in [-0.4, -0.2) is 11.1 Å². The van der Waals surface area contributed by atoms with Crippen LogP contribution in [0.15, 0.2) is 21.9 Å². The first kappa shape index (κ1) is 13.8. The molecule has 0 unspecified atom stereocenters. The van der Waals surface area contributed by atoms with Crippen molar-refractivity contribution in [2.45, 2.75) is 33.4 Å². The lowest BCUT2D eigenvalue weighted by atomic mass is 10.2. The van der Waals surface area contributed by atoms with Gasteiger partial charge in [0.25, 0.3) is 0 Å². The number of furan rings is 1. The van der Waals surface area contributed by atoms with E-state index in [1.807, 2.05) is 0 Å². The highest BCUT2D eigenvalue weighted by atomic mass is 32.1. The molecule has 0 spiro atoms. The number of aryl methyl sites for hydroxylation is 2. The Morgan fingerprint density at radius 1 is 1.42 bits per heavy atom. The maximum atomic E-state index is 10.8. The van der Waals surface area contributed by atoms with E-state index in [9.17, 15) is 4.79 Å². The average molecular weight is 279 g/mol. The topological polar surface area (TPSA) is 62.5 Å². The number of carboxylic acids is 1. The molecule has 102 valence electrons. The van der Waals surface area contributed by atoms with E-state index in [1.165, 1.54) is 10.4 Å². The van der Waals surface area contributed by atoms with Gasteiger partial charge in [-0.05, 0) is 36.4 Å². The van der Waals surface area contributed by atoms with E-state index in [0.29, 0.717) is 12.3 Å². The Morgan fingerprint density at radius 3 is 2.84 bits per heavy atom. The van der Waals surface area contributed by atoms with Crippen LogP contribution in [0.5, 0.6) is 0 Å². The van der Waals surface area contributed by atoms with E-state index >= 15 is 0 Å². The predicted octanol–water partition coefficient (Wildman–Crippen LogP) is 3.20. The Labute approximate surface area is 116 Å². The highest BCUT2D eigenvalue weighted by Gasteiger charge is 2.12. The molecule has 0 saturated carbocycles. The summed E-state index contributed by atoms with van der Waals surface area (Å²) < 4.78 is 5.17. The van der Waals surface area contributed by atoms with Crippen molar-refractivity contribution in [2.75, 3.05) is 0 Å². The van der Waals surface area contributed by atoms with Gasteiger partial charge in [0.15, 0.2) is 0 Å². The largest absolute Gasteiger partial charge is 0.475 e. The third-order valence-corrected chi connectivity index (χ3v) is 4.01. The van der Waals surface area contributed by atoms with Crippen LogP contribution >= 0.6 is 11.3 Å². The third kappa shape index (κ3) is 3.24.